The monoisotopic (exact) mass is 263 g/mol. The quantitative estimate of drug-likeness (QED) is 0.779. The van der Waals surface area contributed by atoms with Crippen LogP contribution in [0.1, 0.15) is 27.9 Å². The van der Waals surface area contributed by atoms with E-state index in [2.05, 4.69) is 11.0 Å². The van der Waals surface area contributed by atoms with Crippen molar-refractivity contribution < 1.29 is 4.79 Å². The molecule has 1 aromatic carbocycles. The minimum absolute atomic E-state index is 0.278. The first-order valence-electron chi connectivity index (χ1n) is 6.57. The van der Waals surface area contributed by atoms with Gasteiger partial charge < -0.3 is 4.90 Å². The second kappa shape index (κ2) is 6.39. The summed E-state index contributed by atoms with van der Waals surface area (Å²) >= 11 is 2.01. The van der Waals surface area contributed by atoms with Crippen LogP contribution in [-0.2, 0) is 0 Å². The summed E-state index contributed by atoms with van der Waals surface area (Å²) in [7, 11) is 0. The van der Waals surface area contributed by atoms with Crippen LogP contribution < -0.4 is 0 Å². The van der Waals surface area contributed by atoms with Gasteiger partial charge in [-0.15, -0.1) is 0 Å². The van der Waals surface area contributed by atoms with Gasteiger partial charge in [0, 0.05) is 43.1 Å². The van der Waals surface area contributed by atoms with Gasteiger partial charge in [-0.3, -0.25) is 4.79 Å². The van der Waals surface area contributed by atoms with Crippen molar-refractivity contribution in [3.63, 3.8) is 0 Å². The zero-order valence-electron chi connectivity index (χ0n) is 11.2. The lowest BCUT2D eigenvalue weighted by Crippen LogP contribution is -2.34. The van der Waals surface area contributed by atoms with Gasteiger partial charge in [0.15, 0.2) is 5.78 Å². The van der Waals surface area contributed by atoms with E-state index in [4.69, 9.17) is 0 Å². The number of hydrogen-bond acceptors (Lipinski definition) is 3. The molecule has 0 amide bonds. The topological polar surface area (TPSA) is 20.3 Å². The number of carbonyl (C=O) groups excluding carboxylic acids is 1. The second-order valence-corrected chi connectivity index (χ2v) is 6.23. The zero-order valence-corrected chi connectivity index (χ0v) is 12.1. The van der Waals surface area contributed by atoms with Crippen LogP contribution in [0.2, 0.25) is 0 Å². The highest BCUT2D eigenvalue weighted by Crippen LogP contribution is 2.13. The zero-order chi connectivity index (χ0) is 13.0. The van der Waals surface area contributed by atoms with Gasteiger partial charge in [0.05, 0.1) is 0 Å². The number of hydrogen-bond donors (Lipinski definition) is 0. The average molecular weight is 263 g/mol. The molecule has 0 atom stereocenters. The smallest absolute Gasteiger partial charge is 0.164 e. The maximum Gasteiger partial charge on any atom is 0.164 e. The molecule has 0 saturated carbocycles. The highest BCUT2D eigenvalue weighted by Gasteiger charge is 2.13. The summed E-state index contributed by atoms with van der Waals surface area (Å²) in [6, 6.07) is 6.11. The first-order chi connectivity index (χ1) is 8.65. The Kier molecular flexibility index (Phi) is 4.84. The van der Waals surface area contributed by atoms with E-state index in [1.165, 1.54) is 22.6 Å². The van der Waals surface area contributed by atoms with Gasteiger partial charge in [-0.1, -0.05) is 17.2 Å². The van der Waals surface area contributed by atoms with E-state index in [9.17, 15) is 4.79 Å². The Hall–Kier alpha value is -0.800. The highest BCUT2D eigenvalue weighted by atomic mass is 32.2. The van der Waals surface area contributed by atoms with Crippen LogP contribution in [0.5, 0.6) is 0 Å². The van der Waals surface area contributed by atoms with Gasteiger partial charge in [-0.05, 0) is 26.0 Å². The minimum atomic E-state index is 0.278. The van der Waals surface area contributed by atoms with E-state index in [1.54, 1.807) is 0 Å². The third-order valence-electron chi connectivity index (χ3n) is 3.30. The summed E-state index contributed by atoms with van der Waals surface area (Å²) in [4.78, 5) is 14.6. The van der Waals surface area contributed by atoms with Crippen LogP contribution in [0.25, 0.3) is 0 Å². The lowest BCUT2D eigenvalue weighted by atomic mass is 10.0. The van der Waals surface area contributed by atoms with E-state index in [0.29, 0.717) is 6.42 Å². The van der Waals surface area contributed by atoms with Crippen molar-refractivity contribution in [3.05, 3.63) is 34.9 Å². The van der Waals surface area contributed by atoms with Gasteiger partial charge in [-0.25, -0.2) is 0 Å². The average Bonchev–Trinajstić information content (AvgIpc) is 2.36. The van der Waals surface area contributed by atoms with E-state index < -0.39 is 0 Å². The number of aryl methyl sites for hydroxylation is 2. The number of rotatable bonds is 4. The van der Waals surface area contributed by atoms with Crippen LogP contribution in [0, 0.1) is 13.8 Å². The number of Topliss-reactive ketones (excluding diaryl/α,β-unsaturated/α-hetero) is 1. The molecule has 0 aromatic heterocycles. The highest BCUT2D eigenvalue weighted by molar-refractivity contribution is 7.99. The Balaban J connectivity index is 1.90. The standard InChI is InChI=1S/C15H21NOS/c1-12-9-13(2)11-14(10-12)15(17)3-4-16-5-7-18-8-6-16/h9-11H,3-8H2,1-2H3. The summed E-state index contributed by atoms with van der Waals surface area (Å²) in [5.74, 6) is 2.69. The molecule has 0 N–H and O–H groups in total. The Morgan fingerprint density at radius 2 is 1.78 bits per heavy atom. The summed E-state index contributed by atoms with van der Waals surface area (Å²) in [5, 5.41) is 0. The molecule has 3 heteroatoms. The molecule has 0 unspecified atom stereocenters. The maximum atomic E-state index is 12.2. The molecule has 1 saturated heterocycles. The van der Waals surface area contributed by atoms with Crippen molar-refractivity contribution in [3.8, 4) is 0 Å². The Morgan fingerprint density at radius 1 is 1.17 bits per heavy atom. The van der Waals surface area contributed by atoms with Crippen molar-refractivity contribution in [2.75, 3.05) is 31.1 Å². The second-order valence-electron chi connectivity index (χ2n) is 5.00. The van der Waals surface area contributed by atoms with Crippen molar-refractivity contribution in [1.82, 2.24) is 4.90 Å². The molecule has 18 heavy (non-hydrogen) atoms. The molecule has 2 rings (SSSR count). The number of thioether (sulfide) groups is 1. The Labute approximate surface area is 114 Å². The summed E-state index contributed by atoms with van der Waals surface area (Å²) in [6.07, 6.45) is 0.646. The summed E-state index contributed by atoms with van der Waals surface area (Å²) in [5.41, 5.74) is 3.22. The first kappa shape index (κ1) is 13.6. The molecular weight excluding hydrogens is 242 g/mol. The van der Waals surface area contributed by atoms with E-state index in [-0.39, 0.29) is 5.78 Å². The molecule has 1 fully saturated rings. The van der Waals surface area contributed by atoms with Gasteiger partial charge in [0.2, 0.25) is 0 Å². The molecule has 0 aliphatic carbocycles. The van der Waals surface area contributed by atoms with Gasteiger partial charge in [-0.2, -0.15) is 11.8 Å². The largest absolute Gasteiger partial charge is 0.301 e. The van der Waals surface area contributed by atoms with Gasteiger partial charge in [0.1, 0.15) is 0 Å². The number of carbonyl (C=O) groups is 1. The lowest BCUT2D eigenvalue weighted by molar-refractivity contribution is 0.0966. The molecule has 0 bridgehead atoms. The fourth-order valence-electron chi connectivity index (χ4n) is 2.36. The van der Waals surface area contributed by atoms with Crippen LogP contribution in [0.3, 0.4) is 0 Å². The van der Waals surface area contributed by atoms with E-state index >= 15 is 0 Å². The third kappa shape index (κ3) is 3.85. The maximum absolute atomic E-state index is 12.2. The van der Waals surface area contributed by atoms with E-state index in [0.717, 1.165) is 25.2 Å². The van der Waals surface area contributed by atoms with Crippen molar-refractivity contribution in [1.29, 1.82) is 0 Å². The van der Waals surface area contributed by atoms with Gasteiger partial charge in [0.25, 0.3) is 0 Å². The van der Waals surface area contributed by atoms with Gasteiger partial charge >= 0.3 is 0 Å². The fraction of sp³-hybridized carbons (Fsp3) is 0.533. The molecule has 1 aromatic rings. The SMILES string of the molecule is Cc1cc(C)cc(C(=O)CCN2CCSCC2)c1. The minimum Gasteiger partial charge on any atom is -0.301 e. The number of benzene rings is 1. The van der Waals surface area contributed by atoms with Crippen LogP contribution >= 0.6 is 11.8 Å². The van der Waals surface area contributed by atoms with E-state index in [1.807, 2.05) is 37.7 Å². The molecule has 0 spiro atoms. The Morgan fingerprint density at radius 3 is 2.39 bits per heavy atom. The number of nitrogens with zero attached hydrogens (tertiary/aromatic N) is 1. The first-order valence-corrected chi connectivity index (χ1v) is 7.72. The Bertz CT molecular complexity index is 404. The molecule has 1 heterocycles. The van der Waals surface area contributed by atoms with Crippen LogP contribution in [0.4, 0.5) is 0 Å². The molecule has 1 aliphatic rings. The predicted molar refractivity (Wildman–Crippen MR) is 78.6 cm³/mol. The van der Waals surface area contributed by atoms with Crippen molar-refractivity contribution in [2.24, 2.45) is 0 Å². The molecule has 0 radical (unpaired) electrons. The summed E-state index contributed by atoms with van der Waals surface area (Å²) in [6.45, 7) is 7.26. The van der Waals surface area contributed by atoms with Crippen LogP contribution in [0.15, 0.2) is 18.2 Å². The molecule has 1 aliphatic heterocycles. The predicted octanol–water partition coefficient (Wildman–Crippen LogP) is 2.93. The lowest BCUT2D eigenvalue weighted by Gasteiger charge is -2.25. The van der Waals surface area contributed by atoms with Crippen molar-refractivity contribution >= 4 is 17.5 Å². The molecule has 98 valence electrons. The number of ketones is 1. The fourth-order valence-corrected chi connectivity index (χ4v) is 3.34. The van der Waals surface area contributed by atoms with Crippen molar-refractivity contribution in [2.45, 2.75) is 20.3 Å². The van der Waals surface area contributed by atoms with Crippen LogP contribution in [-0.4, -0.2) is 41.8 Å². The molecular formula is C15H21NOS. The molecule has 2 nitrogen and oxygen atoms in total. The summed E-state index contributed by atoms with van der Waals surface area (Å²) < 4.78 is 0. The third-order valence-corrected chi connectivity index (χ3v) is 4.24. The normalized spacial score (nSPS) is 16.8.